The Balaban J connectivity index is 1.45. The average Bonchev–Trinajstić information content (AvgIpc) is 3.12. The number of hydrogen-bond donors (Lipinski definition) is 1. The van der Waals surface area contributed by atoms with Gasteiger partial charge in [0.05, 0.1) is 11.0 Å². The van der Waals surface area contributed by atoms with Crippen LogP contribution in [-0.4, -0.2) is 22.0 Å². The smallest absolute Gasteiger partial charge is 0.244 e. The second-order valence-electron chi connectivity index (χ2n) is 7.01. The van der Waals surface area contributed by atoms with E-state index in [0.717, 1.165) is 33.0 Å². The molecule has 0 spiro atoms. The van der Waals surface area contributed by atoms with Crippen molar-refractivity contribution in [3.8, 4) is 0 Å². The minimum atomic E-state index is -0.112. The van der Waals surface area contributed by atoms with Gasteiger partial charge in [-0.1, -0.05) is 66.2 Å². The Morgan fingerprint density at radius 3 is 2.50 bits per heavy atom. The van der Waals surface area contributed by atoms with E-state index in [1.807, 2.05) is 78.9 Å². The van der Waals surface area contributed by atoms with Gasteiger partial charge in [-0.25, -0.2) is 4.98 Å². The summed E-state index contributed by atoms with van der Waals surface area (Å²) in [6.07, 6.45) is 4.02. The van der Waals surface area contributed by atoms with Gasteiger partial charge in [0.1, 0.15) is 5.82 Å². The fourth-order valence-corrected chi connectivity index (χ4v) is 3.48. The van der Waals surface area contributed by atoms with Crippen molar-refractivity contribution in [3.05, 3.63) is 107 Å². The third-order valence-corrected chi connectivity index (χ3v) is 5.11. The molecule has 0 fully saturated rings. The van der Waals surface area contributed by atoms with E-state index in [4.69, 9.17) is 16.6 Å². The van der Waals surface area contributed by atoms with Crippen molar-refractivity contribution in [2.45, 2.75) is 13.0 Å². The lowest BCUT2D eigenvalue weighted by Gasteiger charge is -2.10. The van der Waals surface area contributed by atoms with Gasteiger partial charge in [-0.05, 0) is 41.5 Å². The maximum absolute atomic E-state index is 12.1. The first-order valence-electron chi connectivity index (χ1n) is 9.88. The van der Waals surface area contributed by atoms with Crippen molar-refractivity contribution in [1.82, 2.24) is 14.9 Å². The second-order valence-corrected chi connectivity index (χ2v) is 7.45. The number of nitrogens with one attached hydrogen (secondary N) is 1. The van der Waals surface area contributed by atoms with Gasteiger partial charge in [0.25, 0.3) is 0 Å². The molecule has 150 valence electrons. The summed E-state index contributed by atoms with van der Waals surface area (Å²) in [6.45, 7) is 1.22. The normalized spacial score (nSPS) is 11.2. The number of imidazole rings is 1. The summed E-state index contributed by atoms with van der Waals surface area (Å²) in [4.78, 5) is 16.9. The van der Waals surface area contributed by atoms with Crippen LogP contribution in [0.1, 0.15) is 17.0 Å². The third kappa shape index (κ3) is 4.97. The molecule has 0 aliphatic rings. The molecule has 5 heteroatoms. The van der Waals surface area contributed by atoms with Gasteiger partial charge in [0, 0.05) is 30.6 Å². The Morgan fingerprint density at radius 2 is 1.70 bits per heavy atom. The van der Waals surface area contributed by atoms with Crippen molar-refractivity contribution < 1.29 is 4.79 Å². The number of nitrogens with zero attached hydrogens (tertiary/aromatic N) is 2. The molecule has 0 saturated heterocycles. The molecule has 1 amide bonds. The van der Waals surface area contributed by atoms with Gasteiger partial charge < -0.3 is 9.88 Å². The molecular formula is C25H22ClN3O. The van der Waals surface area contributed by atoms with Crippen molar-refractivity contribution in [2.75, 3.05) is 6.54 Å². The summed E-state index contributed by atoms with van der Waals surface area (Å²) in [5.74, 6) is 0.831. The van der Waals surface area contributed by atoms with E-state index in [2.05, 4.69) is 16.0 Å². The molecule has 3 aromatic carbocycles. The largest absolute Gasteiger partial charge is 0.352 e. The van der Waals surface area contributed by atoms with Crippen LogP contribution in [0, 0.1) is 0 Å². The Kier molecular flexibility index (Phi) is 6.26. The molecule has 0 unspecified atom stereocenters. The molecule has 0 aliphatic heterocycles. The highest BCUT2D eigenvalue weighted by atomic mass is 35.5. The van der Waals surface area contributed by atoms with Crippen molar-refractivity contribution in [1.29, 1.82) is 0 Å². The monoisotopic (exact) mass is 415 g/mol. The van der Waals surface area contributed by atoms with Gasteiger partial charge in [0.15, 0.2) is 0 Å². The van der Waals surface area contributed by atoms with Crippen LogP contribution >= 0.6 is 11.6 Å². The van der Waals surface area contributed by atoms with E-state index >= 15 is 0 Å². The molecule has 0 radical (unpaired) electrons. The van der Waals surface area contributed by atoms with Crippen LogP contribution in [0.4, 0.5) is 0 Å². The molecule has 4 aromatic rings. The van der Waals surface area contributed by atoms with Crippen LogP contribution < -0.4 is 5.32 Å². The fraction of sp³-hybridized carbons (Fsp3) is 0.120. The highest BCUT2D eigenvalue weighted by molar-refractivity contribution is 6.30. The lowest BCUT2D eigenvalue weighted by molar-refractivity contribution is -0.116. The van der Waals surface area contributed by atoms with E-state index in [9.17, 15) is 4.79 Å². The van der Waals surface area contributed by atoms with E-state index in [1.165, 1.54) is 0 Å². The maximum atomic E-state index is 12.1. The predicted molar refractivity (Wildman–Crippen MR) is 122 cm³/mol. The quantitative estimate of drug-likeness (QED) is 0.426. The number of hydrogen-bond acceptors (Lipinski definition) is 2. The zero-order chi connectivity index (χ0) is 20.8. The van der Waals surface area contributed by atoms with Crippen LogP contribution in [0.15, 0.2) is 84.9 Å². The minimum Gasteiger partial charge on any atom is -0.352 e. The lowest BCUT2D eigenvalue weighted by Crippen LogP contribution is -2.24. The molecule has 4 rings (SSSR count). The Labute approximate surface area is 180 Å². The third-order valence-electron chi connectivity index (χ3n) is 4.86. The Hall–Kier alpha value is -3.37. The number of benzene rings is 3. The Bertz CT molecular complexity index is 1160. The lowest BCUT2D eigenvalue weighted by atomic mass is 10.2. The molecular weight excluding hydrogens is 394 g/mol. The molecule has 0 atom stereocenters. The van der Waals surface area contributed by atoms with E-state index in [1.54, 1.807) is 6.08 Å². The summed E-state index contributed by atoms with van der Waals surface area (Å²) in [5.41, 5.74) is 4.19. The van der Waals surface area contributed by atoms with E-state index in [0.29, 0.717) is 19.5 Å². The average molecular weight is 416 g/mol. The van der Waals surface area contributed by atoms with Crippen LogP contribution in [0.5, 0.6) is 0 Å². The highest BCUT2D eigenvalue weighted by Gasteiger charge is 2.11. The number of rotatable bonds is 7. The molecule has 30 heavy (non-hydrogen) atoms. The first-order valence-corrected chi connectivity index (χ1v) is 10.3. The van der Waals surface area contributed by atoms with Crippen LogP contribution in [-0.2, 0) is 17.8 Å². The molecule has 1 N–H and O–H groups in total. The molecule has 0 aliphatic carbocycles. The molecule has 0 bridgehead atoms. The molecule has 1 aromatic heterocycles. The number of fused-ring (bicyclic) bond motifs is 1. The van der Waals surface area contributed by atoms with Crippen molar-refractivity contribution in [2.24, 2.45) is 0 Å². The highest BCUT2D eigenvalue weighted by Crippen LogP contribution is 2.19. The topological polar surface area (TPSA) is 46.9 Å². The zero-order valence-electron chi connectivity index (χ0n) is 16.5. The van der Waals surface area contributed by atoms with E-state index in [-0.39, 0.29) is 5.91 Å². The number of halogens is 1. The number of carbonyl (C=O) groups is 1. The maximum Gasteiger partial charge on any atom is 0.244 e. The molecule has 0 saturated carbocycles. The number of carbonyl (C=O) groups excluding carboxylic acids is 1. The SMILES string of the molecule is O=C(/C=C/c1ccccc1)NCCc1nc2ccccc2n1Cc1ccc(Cl)cc1. The molecule has 1 heterocycles. The second kappa shape index (κ2) is 9.42. The zero-order valence-corrected chi connectivity index (χ0v) is 17.2. The summed E-state index contributed by atoms with van der Waals surface area (Å²) in [6, 6.07) is 25.7. The van der Waals surface area contributed by atoms with Crippen LogP contribution in [0.3, 0.4) is 0 Å². The van der Waals surface area contributed by atoms with Crippen molar-refractivity contribution >= 4 is 34.6 Å². The first kappa shape index (κ1) is 19.9. The first-order chi connectivity index (χ1) is 14.7. The van der Waals surface area contributed by atoms with Gasteiger partial charge in [0.2, 0.25) is 5.91 Å². The Morgan fingerprint density at radius 1 is 0.967 bits per heavy atom. The van der Waals surface area contributed by atoms with Gasteiger partial charge in [-0.3, -0.25) is 4.79 Å². The van der Waals surface area contributed by atoms with E-state index < -0.39 is 0 Å². The summed E-state index contributed by atoms with van der Waals surface area (Å²) in [7, 11) is 0. The molecule has 4 nitrogen and oxygen atoms in total. The van der Waals surface area contributed by atoms with Crippen molar-refractivity contribution in [3.63, 3.8) is 0 Å². The summed E-state index contributed by atoms with van der Waals surface area (Å²) >= 11 is 6.02. The fourth-order valence-electron chi connectivity index (χ4n) is 3.36. The van der Waals surface area contributed by atoms with Crippen LogP contribution in [0.25, 0.3) is 17.1 Å². The standard InChI is InChI=1S/C25H22ClN3O/c26-21-13-10-20(11-14-21)18-29-23-9-5-4-8-22(23)28-24(29)16-17-27-25(30)15-12-19-6-2-1-3-7-19/h1-15H,16-18H2,(H,27,30)/b15-12+. The summed E-state index contributed by atoms with van der Waals surface area (Å²) in [5, 5.41) is 3.67. The summed E-state index contributed by atoms with van der Waals surface area (Å²) < 4.78 is 2.20. The van der Waals surface area contributed by atoms with Gasteiger partial charge in [-0.15, -0.1) is 0 Å². The minimum absolute atomic E-state index is 0.112. The predicted octanol–water partition coefficient (Wildman–Crippen LogP) is 5.11. The van der Waals surface area contributed by atoms with Gasteiger partial charge in [-0.2, -0.15) is 0 Å². The number of para-hydroxylation sites is 2. The van der Waals surface area contributed by atoms with Gasteiger partial charge >= 0.3 is 0 Å². The number of amides is 1. The number of aromatic nitrogens is 2. The van der Waals surface area contributed by atoms with Crippen LogP contribution in [0.2, 0.25) is 5.02 Å².